The van der Waals surface area contributed by atoms with Gasteiger partial charge in [-0.25, -0.2) is 0 Å². The van der Waals surface area contributed by atoms with Gasteiger partial charge in [0.1, 0.15) is 0 Å². The van der Waals surface area contributed by atoms with Gasteiger partial charge in [-0.2, -0.15) is 5.26 Å². The molecule has 0 saturated carbocycles. The molecule has 3 heteroatoms. The second-order valence-corrected chi connectivity index (χ2v) is 3.74. The summed E-state index contributed by atoms with van der Waals surface area (Å²) in [6, 6.07) is 2.16. The molecule has 0 aliphatic heterocycles. The molecular weight excluding hydrogens is 178 g/mol. The number of carbonyl (C=O) groups excluding carboxylic acids is 1. The zero-order valence-corrected chi connectivity index (χ0v) is 9.25. The van der Waals surface area contributed by atoms with Gasteiger partial charge in [0.15, 0.2) is 0 Å². The minimum absolute atomic E-state index is 0.191. The van der Waals surface area contributed by atoms with Gasteiger partial charge in [0.25, 0.3) is 0 Å². The van der Waals surface area contributed by atoms with E-state index in [2.05, 4.69) is 24.7 Å². The highest BCUT2D eigenvalue weighted by atomic mass is 16.5. The average molecular weight is 197 g/mol. The lowest BCUT2D eigenvalue weighted by molar-refractivity contribution is -0.141. The summed E-state index contributed by atoms with van der Waals surface area (Å²) in [6.07, 6.45) is 3.25. The smallest absolute Gasteiger partial charge is 0.306 e. The van der Waals surface area contributed by atoms with Crippen molar-refractivity contribution < 1.29 is 9.53 Å². The number of hydrogen-bond acceptors (Lipinski definition) is 3. The summed E-state index contributed by atoms with van der Waals surface area (Å²) in [5.41, 5.74) is 0. The summed E-state index contributed by atoms with van der Waals surface area (Å²) in [5.74, 6) is 0.0264. The number of methoxy groups -OCH3 is 1. The molecule has 0 aromatic carbocycles. The van der Waals surface area contributed by atoms with Crippen molar-refractivity contribution in [2.24, 2.45) is 11.8 Å². The molecule has 0 amide bonds. The first-order chi connectivity index (χ1) is 6.63. The normalized spacial score (nSPS) is 14.1. The minimum Gasteiger partial charge on any atom is -0.469 e. The lowest BCUT2D eigenvalue weighted by atomic mass is 9.91. The van der Waals surface area contributed by atoms with E-state index in [1.807, 2.05) is 0 Å². The lowest BCUT2D eigenvalue weighted by Gasteiger charge is -2.13. The van der Waals surface area contributed by atoms with Gasteiger partial charge in [0, 0.05) is 0 Å². The summed E-state index contributed by atoms with van der Waals surface area (Å²) in [5, 5.41) is 8.83. The highest BCUT2D eigenvalue weighted by Crippen LogP contribution is 2.19. The predicted octanol–water partition coefficient (Wildman–Crippen LogP) is 2.52. The fraction of sp³-hybridized carbons (Fsp3) is 0.818. The first-order valence-electron chi connectivity index (χ1n) is 5.10. The Hall–Kier alpha value is -1.04. The summed E-state index contributed by atoms with van der Waals surface area (Å²) < 4.78 is 4.53. The second-order valence-electron chi connectivity index (χ2n) is 3.74. The molecule has 0 aliphatic carbocycles. The number of carbonyl (C=O) groups is 1. The highest BCUT2D eigenvalue weighted by Gasteiger charge is 2.16. The quantitative estimate of drug-likeness (QED) is 0.615. The number of nitrogens with zero attached hydrogens (tertiary/aromatic N) is 1. The van der Waals surface area contributed by atoms with Crippen LogP contribution in [0.1, 0.15) is 39.5 Å². The van der Waals surface area contributed by atoms with Crippen LogP contribution in [0, 0.1) is 23.2 Å². The summed E-state index contributed by atoms with van der Waals surface area (Å²) in [4.78, 5) is 10.9. The Labute approximate surface area is 86.1 Å². The van der Waals surface area contributed by atoms with Crippen molar-refractivity contribution in [2.75, 3.05) is 7.11 Å². The van der Waals surface area contributed by atoms with E-state index in [0.29, 0.717) is 5.92 Å². The van der Waals surface area contributed by atoms with Crippen molar-refractivity contribution in [1.82, 2.24) is 0 Å². The van der Waals surface area contributed by atoms with Crippen LogP contribution in [0.5, 0.6) is 0 Å². The Bertz CT molecular complexity index is 208. The molecule has 0 heterocycles. The molecular formula is C11H19NO2. The maximum atomic E-state index is 10.9. The molecule has 0 aromatic rings. The number of nitriles is 1. The van der Waals surface area contributed by atoms with Crippen molar-refractivity contribution in [1.29, 1.82) is 5.26 Å². The Morgan fingerprint density at radius 1 is 1.57 bits per heavy atom. The van der Waals surface area contributed by atoms with Gasteiger partial charge in [0.2, 0.25) is 0 Å². The first kappa shape index (κ1) is 13.0. The number of esters is 1. The summed E-state index contributed by atoms with van der Waals surface area (Å²) >= 11 is 0. The van der Waals surface area contributed by atoms with Crippen LogP contribution in [0.15, 0.2) is 0 Å². The minimum atomic E-state index is -0.291. The van der Waals surface area contributed by atoms with E-state index in [0.717, 1.165) is 19.3 Å². The molecule has 0 radical (unpaired) electrons. The fourth-order valence-electron chi connectivity index (χ4n) is 1.56. The van der Waals surface area contributed by atoms with Gasteiger partial charge in [-0.05, 0) is 12.3 Å². The lowest BCUT2D eigenvalue weighted by Crippen LogP contribution is -2.11. The van der Waals surface area contributed by atoms with Crippen LogP contribution >= 0.6 is 0 Å². The van der Waals surface area contributed by atoms with Crippen molar-refractivity contribution in [3.05, 3.63) is 0 Å². The van der Waals surface area contributed by atoms with E-state index >= 15 is 0 Å². The van der Waals surface area contributed by atoms with E-state index in [1.54, 1.807) is 0 Å². The second kappa shape index (κ2) is 7.37. The molecule has 3 nitrogen and oxygen atoms in total. The van der Waals surface area contributed by atoms with Gasteiger partial charge >= 0.3 is 5.97 Å². The predicted molar refractivity (Wildman–Crippen MR) is 54.4 cm³/mol. The van der Waals surface area contributed by atoms with Gasteiger partial charge in [-0.15, -0.1) is 0 Å². The van der Waals surface area contributed by atoms with E-state index < -0.39 is 0 Å². The third-order valence-corrected chi connectivity index (χ3v) is 2.29. The number of hydrogen-bond donors (Lipinski definition) is 0. The zero-order valence-electron chi connectivity index (χ0n) is 9.25. The van der Waals surface area contributed by atoms with Crippen LogP contribution < -0.4 is 0 Å². The van der Waals surface area contributed by atoms with E-state index in [4.69, 9.17) is 5.26 Å². The van der Waals surface area contributed by atoms with Gasteiger partial charge in [-0.1, -0.05) is 26.7 Å². The molecule has 0 unspecified atom stereocenters. The Morgan fingerprint density at radius 3 is 2.64 bits per heavy atom. The van der Waals surface area contributed by atoms with Crippen molar-refractivity contribution in [2.45, 2.75) is 39.5 Å². The van der Waals surface area contributed by atoms with Crippen LogP contribution in [0.25, 0.3) is 0 Å². The van der Waals surface area contributed by atoms with Crippen LogP contribution in [0.3, 0.4) is 0 Å². The highest BCUT2D eigenvalue weighted by molar-refractivity contribution is 5.69. The Kier molecular flexibility index (Phi) is 6.82. The third kappa shape index (κ3) is 5.58. The largest absolute Gasteiger partial charge is 0.469 e. The van der Waals surface area contributed by atoms with Crippen molar-refractivity contribution in [3.8, 4) is 6.07 Å². The molecule has 80 valence electrons. The van der Waals surface area contributed by atoms with Crippen molar-refractivity contribution >= 4 is 5.97 Å². The molecule has 14 heavy (non-hydrogen) atoms. The maximum Gasteiger partial charge on any atom is 0.306 e. The maximum absolute atomic E-state index is 10.9. The van der Waals surface area contributed by atoms with Crippen LogP contribution in [0.2, 0.25) is 0 Å². The summed E-state index contributed by atoms with van der Waals surface area (Å²) in [6.45, 7) is 4.24. The van der Waals surface area contributed by atoms with Crippen molar-refractivity contribution in [3.63, 3.8) is 0 Å². The van der Waals surface area contributed by atoms with Crippen LogP contribution in [0.4, 0.5) is 0 Å². The molecule has 0 saturated heterocycles. The SMILES string of the molecule is CCC[C@@H](C)C[C@@H](C#N)CC(=O)OC. The molecule has 0 N–H and O–H groups in total. The average Bonchev–Trinajstić information content (AvgIpc) is 2.16. The van der Waals surface area contributed by atoms with Crippen LogP contribution in [-0.4, -0.2) is 13.1 Å². The zero-order chi connectivity index (χ0) is 11.0. The molecule has 0 aliphatic rings. The fourth-order valence-corrected chi connectivity index (χ4v) is 1.56. The molecule has 0 spiro atoms. The molecule has 2 atom stereocenters. The van der Waals surface area contributed by atoms with E-state index in [1.165, 1.54) is 7.11 Å². The number of ether oxygens (including phenoxy) is 1. The molecule has 0 aromatic heterocycles. The summed E-state index contributed by atoms with van der Waals surface area (Å²) in [7, 11) is 1.35. The van der Waals surface area contributed by atoms with E-state index in [9.17, 15) is 4.79 Å². The standard InChI is InChI=1S/C11H19NO2/c1-4-5-9(2)6-10(8-12)7-11(13)14-3/h9-10H,4-7H2,1-3H3/t9-,10-/m1/s1. The number of rotatable bonds is 6. The first-order valence-corrected chi connectivity index (χ1v) is 5.10. The Balaban J connectivity index is 3.91. The monoisotopic (exact) mass is 197 g/mol. The topological polar surface area (TPSA) is 50.1 Å². The van der Waals surface area contributed by atoms with Crippen LogP contribution in [-0.2, 0) is 9.53 Å². The van der Waals surface area contributed by atoms with Gasteiger partial charge in [0.05, 0.1) is 25.5 Å². The Morgan fingerprint density at radius 2 is 2.21 bits per heavy atom. The molecule has 0 fully saturated rings. The van der Waals surface area contributed by atoms with Gasteiger partial charge < -0.3 is 4.74 Å². The third-order valence-electron chi connectivity index (χ3n) is 2.29. The van der Waals surface area contributed by atoms with Gasteiger partial charge in [-0.3, -0.25) is 4.79 Å². The molecule has 0 bridgehead atoms. The van der Waals surface area contributed by atoms with E-state index in [-0.39, 0.29) is 18.3 Å². The molecule has 0 rings (SSSR count).